The topological polar surface area (TPSA) is 70.8 Å². The Kier molecular flexibility index (Phi) is 8.49. The van der Waals surface area contributed by atoms with Crippen LogP contribution < -0.4 is 0 Å². The molecule has 214 valence electrons. The third-order valence-corrected chi connectivity index (χ3v) is 7.52. The number of benzene rings is 3. The van der Waals surface area contributed by atoms with Crippen LogP contribution in [0.2, 0.25) is 0 Å². The van der Waals surface area contributed by atoms with Gasteiger partial charge in [0.15, 0.2) is 0 Å². The fourth-order valence-corrected chi connectivity index (χ4v) is 5.33. The first-order valence-electron chi connectivity index (χ1n) is 12.8. The van der Waals surface area contributed by atoms with E-state index in [2.05, 4.69) is 15.9 Å². The maximum atomic E-state index is 13.8. The van der Waals surface area contributed by atoms with Crippen LogP contribution in [0.5, 0.6) is 0 Å². The number of carbonyl (C=O) groups excluding carboxylic acids is 1. The van der Waals surface area contributed by atoms with Crippen LogP contribution in [0.25, 0.3) is 11.1 Å². The first-order valence-corrected chi connectivity index (χ1v) is 13.6. The Balaban J connectivity index is 1.64. The maximum absolute atomic E-state index is 13.8. The largest absolute Gasteiger partial charge is 0.481 e. The molecule has 0 radical (unpaired) electrons. The molecule has 3 aromatic carbocycles. The summed E-state index contributed by atoms with van der Waals surface area (Å²) in [6.45, 7) is 6.89. The SMILES string of the molecule is Cc1cc(Br)cc(C)c1C(=O)N(Cc1ccc(-c2cccc(C(C)(C)C(=O)O)c2)cc1)Cc1ccc(C(F)(F)F)o1. The Morgan fingerprint density at radius 2 is 1.51 bits per heavy atom. The first-order chi connectivity index (χ1) is 19.2. The molecule has 0 bridgehead atoms. The smallest absolute Gasteiger partial charge is 0.449 e. The Labute approximate surface area is 244 Å². The van der Waals surface area contributed by atoms with Crippen molar-refractivity contribution in [1.82, 2.24) is 4.90 Å². The van der Waals surface area contributed by atoms with E-state index in [9.17, 15) is 27.9 Å². The Bertz CT molecular complexity index is 1570. The molecular weight excluding hydrogens is 599 g/mol. The summed E-state index contributed by atoms with van der Waals surface area (Å²) in [5, 5.41) is 9.60. The number of furan rings is 1. The van der Waals surface area contributed by atoms with E-state index in [-0.39, 0.29) is 24.8 Å². The molecule has 0 aliphatic heterocycles. The predicted molar refractivity (Wildman–Crippen MR) is 153 cm³/mol. The Morgan fingerprint density at radius 3 is 2.07 bits per heavy atom. The molecule has 1 amide bonds. The number of carbonyl (C=O) groups is 2. The molecule has 9 heteroatoms. The van der Waals surface area contributed by atoms with E-state index in [0.29, 0.717) is 11.1 Å². The molecule has 0 atom stereocenters. The van der Waals surface area contributed by atoms with Gasteiger partial charge >= 0.3 is 12.1 Å². The number of halogens is 4. The zero-order valence-corrected chi connectivity index (χ0v) is 24.6. The van der Waals surface area contributed by atoms with E-state index in [1.165, 1.54) is 11.0 Å². The molecule has 4 aromatic rings. The van der Waals surface area contributed by atoms with Gasteiger partial charge in [-0.3, -0.25) is 9.59 Å². The fraction of sp³-hybridized carbons (Fsp3) is 0.250. The molecule has 0 aliphatic carbocycles. The summed E-state index contributed by atoms with van der Waals surface area (Å²) in [5.41, 5.74) is 4.02. The van der Waals surface area contributed by atoms with E-state index >= 15 is 0 Å². The number of aliphatic carboxylic acids is 1. The molecule has 5 nitrogen and oxygen atoms in total. The van der Waals surface area contributed by atoms with Crippen LogP contribution >= 0.6 is 15.9 Å². The minimum atomic E-state index is -4.63. The molecule has 0 saturated heterocycles. The Hall–Kier alpha value is -3.85. The lowest BCUT2D eigenvalue weighted by molar-refractivity contribution is -0.153. The number of alkyl halides is 3. The molecular formula is C32H29BrF3NO4. The van der Waals surface area contributed by atoms with E-state index in [4.69, 9.17) is 4.42 Å². The third-order valence-electron chi connectivity index (χ3n) is 7.07. The van der Waals surface area contributed by atoms with Gasteiger partial charge in [0.05, 0.1) is 12.0 Å². The second kappa shape index (κ2) is 11.6. The minimum Gasteiger partial charge on any atom is -0.481 e. The number of carboxylic acid groups (broad SMARTS) is 1. The maximum Gasteiger partial charge on any atom is 0.449 e. The molecule has 0 fully saturated rings. The van der Waals surface area contributed by atoms with E-state index in [0.717, 1.165) is 38.4 Å². The number of rotatable bonds is 8. The molecule has 0 spiro atoms. The predicted octanol–water partition coefficient (Wildman–Crippen LogP) is 8.55. The summed E-state index contributed by atoms with van der Waals surface area (Å²) in [4.78, 5) is 27.0. The van der Waals surface area contributed by atoms with Gasteiger partial charge < -0.3 is 14.4 Å². The highest BCUT2D eigenvalue weighted by Gasteiger charge is 2.35. The summed E-state index contributed by atoms with van der Waals surface area (Å²) in [6.07, 6.45) is -4.63. The normalized spacial score (nSPS) is 11.9. The van der Waals surface area contributed by atoms with Crippen LogP contribution in [0.3, 0.4) is 0 Å². The highest BCUT2D eigenvalue weighted by atomic mass is 79.9. The summed E-state index contributed by atoms with van der Waals surface area (Å²) in [5.74, 6) is -2.35. The molecule has 0 aliphatic rings. The lowest BCUT2D eigenvalue weighted by atomic mass is 9.83. The summed E-state index contributed by atoms with van der Waals surface area (Å²) in [6, 6.07) is 20.5. The van der Waals surface area contributed by atoms with Gasteiger partial charge in [-0.15, -0.1) is 0 Å². The molecule has 1 aromatic heterocycles. The quantitative estimate of drug-likeness (QED) is 0.212. The van der Waals surface area contributed by atoms with Gasteiger partial charge in [-0.2, -0.15) is 13.2 Å². The number of hydrogen-bond acceptors (Lipinski definition) is 3. The number of nitrogens with zero attached hydrogens (tertiary/aromatic N) is 1. The van der Waals surface area contributed by atoms with E-state index in [1.54, 1.807) is 19.9 Å². The zero-order valence-electron chi connectivity index (χ0n) is 23.0. The second-order valence-corrected chi connectivity index (χ2v) is 11.5. The van der Waals surface area contributed by atoms with E-state index < -0.39 is 23.3 Å². The highest BCUT2D eigenvalue weighted by Crippen LogP contribution is 2.32. The molecule has 0 unspecified atom stereocenters. The third kappa shape index (κ3) is 6.73. The number of aryl methyl sites for hydroxylation is 2. The number of amides is 1. The van der Waals surface area contributed by atoms with Crippen molar-refractivity contribution in [1.29, 1.82) is 0 Å². The highest BCUT2D eigenvalue weighted by molar-refractivity contribution is 9.10. The zero-order chi connectivity index (χ0) is 30.1. The van der Waals surface area contributed by atoms with Gasteiger partial charge in [0.25, 0.3) is 5.91 Å². The molecule has 1 N–H and O–H groups in total. The van der Waals surface area contributed by atoms with Gasteiger partial charge in [-0.05, 0) is 85.3 Å². The van der Waals surface area contributed by atoms with Crippen LogP contribution in [-0.2, 0) is 29.5 Å². The fourth-order valence-electron chi connectivity index (χ4n) is 4.64. The van der Waals surface area contributed by atoms with Gasteiger partial charge in [-0.25, -0.2) is 0 Å². The lowest BCUT2D eigenvalue weighted by Crippen LogP contribution is -2.31. The van der Waals surface area contributed by atoms with Gasteiger partial charge in [-0.1, -0.05) is 64.5 Å². The van der Waals surface area contributed by atoms with Crippen LogP contribution in [0.1, 0.15) is 58.0 Å². The standard InChI is InChI=1S/C32H29BrF3NO4/c1-19-14-25(33)15-20(2)28(19)29(38)37(18-26-12-13-27(41-26)32(34,35)36)17-21-8-10-22(11-9-21)23-6-5-7-24(16-23)31(3,4)30(39)40/h5-16H,17-18H2,1-4H3,(H,39,40). The molecule has 4 rings (SSSR count). The van der Waals surface area contributed by atoms with Crippen molar-refractivity contribution < 1.29 is 32.3 Å². The molecule has 0 saturated carbocycles. The van der Waals surface area contributed by atoms with Crippen molar-refractivity contribution in [2.45, 2.75) is 52.4 Å². The van der Waals surface area contributed by atoms with Crippen LogP contribution in [0, 0.1) is 13.8 Å². The average Bonchev–Trinajstić information content (AvgIpc) is 3.37. The van der Waals surface area contributed by atoms with Crippen molar-refractivity contribution in [3.05, 3.63) is 117 Å². The molecule has 1 heterocycles. The van der Waals surface area contributed by atoms with E-state index in [1.807, 2.05) is 68.4 Å². The summed E-state index contributed by atoms with van der Waals surface area (Å²) >= 11 is 3.43. The van der Waals surface area contributed by atoms with Crippen molar-refractivity contribution in [2.24, 2.45) is 0 Å². The summed E-state index contributed by atoms with van der Waals surface area (Å²) < 4.78 is 45.3. The number of hydrogen-bond donors (Lipinski definition) is 1. The van der Waals surface area contributed by atoms with Crippen molar-refractivity contribution in [2.75, 3.05) is 0 Å². The van der Waals surface area contributed by atoms with Crippen LogP contribution in [0.15, 0.2) is 81.7 Å². The monoisotopic (exact) mass is 627 g/mol. The van der Waals surface area contributed by atoms with Crippen molar-refractivity contribution in [3.63, 3.8) is 0 Å². The van der Waals surface area contributed by atoms with Crippen molar-refractivity contribution >= 4 is 27.8 Å². The van der Waals surface area contributed by atoms with Gasteiger partial charge in [0, 0.05) is 16.6 Å². The lowest BCUT2D eigenvalue weighted by Gasteiger charge is -2.24. The Morgan fingerprint density at radius 1 is 0.878 bits per heavy atom. The average molecular weight is 628 g/mol. The number of carboxylic acids is 1. The summed E-state index contributed by atoms with van der Waals surface area (Å²) in [7, 11) is 0. The van der Waals surface area contributed by atoms with Gasteiger partial charge in [0.2, 0.25) is 5.76 Å². The molecule has 41 heavy (non-hydrogen) atoms. The van der Waals surface area contributed by atoms with Crippen molar-refractivity contribution in [3.8, 4) is 11.1 Å². The van der Waals surface area contributed by atoms with Crippen LogP contribution in [0.4, 0.5) is 13.2 Å². The second-order valence-electron chi connectivity index (χ2n) is 10.5. The van der Waals surface area contributed by atoms with Gasteiger partial charge in [0.1, 0.15) is 5.76 Å². The van der Waals surface area contributed by atoms with Crippen LogP contribution in [-0.4, -0.2) is 21.9 Å². The first kappa shape index (κ1) is 30.1. The minimum absolute atomic E-state index is 0.0209.